The SMILES string of the molecule is O=C(CSc1nnc(-c2cc(-c3ccc(Cl)cc3)nc3ccccc23)o1)c1ccc(O)c(O)c1. The first-order valence-corrected chi connectivity index (χ1v) is 11.5. The Labute approximate surface area is 203 Å². The van der Waals surface area contributed by atoms with E-state index in [0.717, 1.165) is 39.5 Å². The molecule has 9 heteroatoms. The fourth-order valence-corrected chi connectivity index (χ4v) is 4.19. The summed E-state index contributed by atoms with van der Waals surface area (Å²) in [6.07, 6.45) is 0. The lowest BCUT2D eigenvalue weighted by Gasteiger charge is -2.07. The first-order valence-electron chi connectivity index (χ1n) is 10.2. The van der Waals surface area contributed by atoms with Gasteiger partial charge in [0, 0.05) is 21.5 Å². The summed E-state index contributed by atoms with van der Waals surface area (Å²) in [7, 11) is 0. The Balaban J connectivity index is 1.43. The number of carbonyl (C=O) groups excluding carboxylic acids is 1. The molecule has 0 saturated heterocycles. The number of phenols is 2. The van der Waals surface area contributed by atoms with Gasteiger partial charge in [0.1, 0.15) is 0 Å². The van der Waals surface area contributed by atoms with Crippen molar-refractivity contribution in [3.05, 3.63) is 83.4 Å². The molecule has 0 saturated carbocycles. The number of fused-ring (bicyclic) bond motifs is 1. The molecule has 0 amide bonds. The van der Waals surface area contributed by atoms with Gasteiger partial charge in [-0.05, 0) is 42.5 Å². The number of carbonyl (C=O) groups is 1. The Morgan fingerprint density at radius 3 is 2.53 bits per heavy atom. The van der Waals surface area contributed by atoms with Crippen molar-refractivity contribution < 1.29 is 19.4 Å². The van der Waals surface area contributed by atoms with Gasteiger partial charge >= 0.3 is 0 Å². The molecule has 2 N–H and O–H groups in total. The second kappa shape index (κ2) is 9.17. The molecular formula is C25H16ClN3O4S. The zero-order valence-corrected chi connectivity index (χ0v) is 19.0. The van der Waals surface area contributed by atoms with Crippen molar-refractivity contribution in [3.63, 3.8) is 0 Å². The summed E-state index contributed by atoms with van der Waals surface area (Å²) in [6.45, 7) is 0. The van der Waals surface area contributed by atoms with E-state index < -0.39 is 0 Å². The monoisotopic (exact) mass is 489 g/mol. The standard InChI is InChI=1S/C25H16ClN3O4S/c26-16-8-5-14(6-9-16)20-12-18(17-3-1-2-4-19(17)27-20)24-28-29-25(33-24)34-13-23(32)15-7-10-21(30)22(31)11-15/h1-12,30-31H,13H2. The predicted octanol–water partition coefficient (Wildman–Crippen LogP) is 5.99. The molecular weight excluding hydrogens is 474 g/mol. The number of nitrogens with zero attached hydrogens (tertiary/aromatic N) is 3. The fraction of sp³-hybridized carbons (Fsp3) is 0.0400. The van der Waals surface area contributed by atoms with Gasteiger partial charge in [0.05, 0.1) is 22.5 Å². The topological polar surface area (TPSA) is 109 Å². The zero-order valence-electron chi connectivity index (χ0n) is 17.5. The highest BCUT2D eigenvalue weighted by molar-refractivity contribution is 7.99. The molecule has 0 radical (unpaired) electrons. The molecule has 0 spiro atoms. The van der Waals surface area contributed by atoms with Crippen LogP contribution in [0.5, 0.6) is 11.5 Å². The molecule has 34 heavy (non-hydrogen) atoms. The highest BCUT2D eigenvalue weighted by Crippen LogP contribution is 2.33. The van der Waals surface area contributed by atoms with Gasteiger partial charge in [-0.15, -0.1) is 10.2 Å². The number of aromatic nitrogens is 3. The van der Waals surface area contributed by atoms with E-state index >= 15 is 0 Å². The molecule has 0 aliphatic heterocycles. The van der Waals surface area contributed by atoms with Gasteiger partial charge in [-0.1, -0.05) is 53.7 Å². The Bertz CT molecular complexity index is 1520. The molecule has 7 nitrogen and oxygen atoms in total. The largest absolute Gasteiger partial charge is 0.504 e. The maximum absolute atomic E-state index is 12.4. The quantitative estimate of drug-likeness (QED) is 0.170. The van der Waals surface area contributed by atoms with Crippen LogP contribution in [0, 0.1) is 0 Å². The Hall–Kier alpha value is -3.88. The molecule has 2 aromatic heterocycles. The minimum absolute atomic E-state index is 0.0268. The number of rotatable bonds is 6. The number of para-hydroxylation sites is 1. The summed E-state index contributed by atoms with van der Waals surface area (Å²) in [5.74, 6) is -0.547. The van der Waals surface area contributed by atoms with Crippen LogP contribution in [0.4, 0.5) is 0 Å². The average molecular weight is 490 g/mol. The second-order valence-corrected chi connectivity index (χ2v) is 8.73. The van der Waals surface area contributed by atoms with Crippen molar-refractivity contribution in [1.82, 2.24) is 15.2 Å². The number of pyridine rings is 1. The van der Waals surface area contributed by atoms with E-state index in [-0.39, 0.29) is 33.8 Å². The van der Waals surface area contributed by atoms with Crippen LogP contribution in [-0.2, 0) is 0 Å². The first-order chi connectivity index (χ1) is 16.5. The van der Waals surface area contributed by atoms with Gasteiger partial charge in [0.15, 0.2) is 17.3 Å². The number of Topliss-reactive ketones (excluding diaryl/α,β-unsaturated/α-hetero) is 1. The van der Waals surface area contributed by atoms with E-state index in [9.17, 15) is 15.0 Å². The summed E-state index contributed by atoms with van der Waals surface area (Å²) >= 11 is 7.12. The number of thioether (sulfide) groups is 1. The lowest BCUT2D eigenvalue weighted by atomic mass is 10.0. The molecule has 5 aromatic rings. The zero-order chi connectivity index (χ0) is 23.7. The van der Waals surface area contributed by atoms with Crippen molar-refractivity contribution in [2.45, 2.75) is 5.22 Å². The maximum atomic E-state index is 12.4. The second-order valence-electron chi connectivity index (χ2n) is 7.37. The van der Waals surface area contributed by atoms with Gasteiger partial charge in [0.25, 0.3) is 5.22 Å². The Morgan fingerprint density at radius 2 is 1.74 bits per heavy atom. The third-order valence-electron chi connectivity index (χ3n) is 5.12. The minimum atomic E-state index is -0.350. The van der Waals surface area contributed by atoms with Crippen LogP contribution in [0.2, 0.25) is 5.02 Å². The average Bonchev–Trinajstić information content (AvgIpc) is 3.33. The maximum Gasteiger partial charge on any atom is 0.277 e. The number of hydrogen-bond acceptors (Lipinski definition) is 8. The van der Waals surface area contributed by atoms with E-state index in [4.69, 9.17) is 21.0 Å². The molecule has 5 rings (SSSR count). The summed E-state index contributed by atoms with van der Waals surface area (Å²) < 4.78 is 5.87. The summed E-state index contributed by atoms with van der Waals surface area (Å²) in [4.78, 5) is 17.2. The summed E-state index contributed by atoms with van der Waals surface area (Å²) in [5.41, 5.74) is 3.41. The predicted molar refractivity (Wildman–Crippen MR) is 130 cm³/mol. The summed E-state index contributed by atoms with van der Waals surface area (Å²) in [5, 5.41) is 29.0. The number of benzene rings is 3. The van der Waals surface area contributed by atoms with Gasteiger partial charge in [-0.2, -0.15) is 0 Å². The van der Waals surface area contributed by atoms with E-state index in [2.05, 4.69) is 10.2 Å². The minimum Gasteiger partial charge on any atom is -0.504 e. The van der Waals surface area contributed by atoms with Crippen LogP contribution >= 0.6 is 23.4 Å². The van der Waals surface area contributed by atoms with Crippen molar-refractivity contribution >= 4 is 40.0 Å². The normalized spacial score (nSPS) is 11.1. The Morgan fingerprint density at radius 1 is 0.941 bits per heavy atom. The van der Waals surface area contributed by atoms with Crippen LogP contribution in [0.3, 0.4) is 0 Å². The molecule has 0 fully saturated rings. The smallest absolute Gasteiger partial charge is 0.277 e. The molecule has 168 valence electrons. The molecule has 3 aromatic carbocycles. The molecule has 0 unspecified atom stereocenters. The van der Waals surface area contributed by atoms with Gasteiger partial charge < -0.3 is 14.6 Å². The van der Waals surface area contributed by atoms with E-state index in [1.807, 2.05) is 42.5 Å². The highest BCUT2D eigenvalue weighted by Gasteiger charge is 2.17. The summed E-state index contributed by atoms with van der Waals surface area (Å²) in [6, 6.07) is 20.9. The van der Waals surface area contributed by atoms with Crippen molar-refractivity contribution in [2.75, 3.05) is 5.75 Å². The molecule has 2 heterocycles. The van der Waals surface area contributed by atoms with E-state index in [1.165, 1.54) is 18.2 Å². The van der Waals surface area contributed by atoms with E-state index in [1.54, 1.807) is 12.1 Å². The van der Waals surface area contributed by atoms with Crippen LogP contribution < -0.4 is 0 Å². The number of halogens is 1. The number of aromatic hydroxyl groups is 2. The van der Waals surface area contributed by atoms with Crippen molar-refractivity contribution in [3.8, 4) is 34.2 Å². The van der Waals surface area contributed by atoms with Crippen LogP contribution in [-0.4, -0.2) is 36.9 Å². The first kappa shape index (κ1) is 21.9. The van der Waals surface area contributed by atoms with E-state index in [0.29, 0.717) is 10.9 Å². The molecule has 0 bridgehead atoms. The van der Waals surface area contributed by atoms with Gasteiger partial charge in [-0.25, -0.2) is 4.98 Å². The number of phenolic OH excluding ortho intramolecular Hbond substituents is 2. The lowest BCUT2D eigenvalue weighted by molar-refractivity contribution is 0.102. The van der Waals surface area contributed by atoms with Crippen molar-refractivity contribution in [2.24, 2.45) is 0 Å². The molecule has 0 aliphatic carbocycles. The number of hydrogen-bond donors (Lipinski definition) is 2. The van der Waals surface area contributed by atoms with Crippen LogP contribution in [0.25, 0.3) is 33.6 Å². The van der Waals surface area contributed by atoms with Crippen LogP contribution in [0.1, 0.15) is 10.4 Å². The third kappa shape index (κ3) is 4.46. The third-order valence-corrected chi connectivity index (χ3v) is 6.19. The Kier molecular flexibility index (Phi) is 5.91. The molecule has 0 aliphatic rings. The van der Waals surface area contributed by atoms with Crippen molar-refractivity contribution in [1.29, 1.82) is 0 Å². The fourth-order valence-electron chi connectivity index (χ4n) is 3.41. The van der Waals surface area contributed by atoms with Gasteiger partial charge in [0.2, 0.25) is 5.89 Å². The lowest BCUT2D eigenvalue weighted by Crippen LogP contribution is -2.01. The number of ketones is 1. The van der Waals surface area contributed by atoms with Crippen LogP contribution in [0.15, 0.2) is 82.4 Å². The highest BCUT2D eigenvalue weighted by atomic mass is 35.5. The molecule has 0 atom stereocenters. The van der Waals surface area contributed by atoms with Gasteiger partial charge in [-0.3, -0.25) is 4.79 Å².